The quantitative estimate of drug-likeness (QED) is 0.800. The highest BCUT2D eigenvalue weighted by Crippen LogP contribution is 2.24. The fraction of sp³-hybridized carbons (Fsp3) is 0.650. The Morgan fingerprint density at radius 2 is 1.93 bits per heavy atom. The number of amides is 1. The second-order valence-electron chi connectivity index (χ2n) is 8.12. The Bertz CT molecular complexity index is 804. The lowest BCUT2D eigenvalue weighted by atomic mass is 9.95. The van der Waals surface area contributed by atoms with Crippen LogP contribution in [0, 0.1) is 12.8 Å². The molecule has 0 aromatic heterocycles. The Morgan fingerprint density at radius 1 is 1.21 bits per heavy atom. The second kappa shape index (κ2) is 8.80. The first-order valence-corrected chi connectivity index (χ1v) is 11.6. The van der Waals surface area contributed by atoms with Crippen LogP contribution in [0.3, 0.4) is 0 Å². The van der Waals surface area contributed by atoms with E-state index in [1.165, 1.54) is 38.1 Å². The Hall–Kier alpha value is -1.64. The molecule has 2 aliphatic rings. The second-order valence-corrected chi connectivity index (χ2v) is 9.68. The van der Waals surface area contributed by atoms with Crippen molar-refractivity contribution in [2.24, 2.45) is 11.1 Å². The number of sulfonamides is 1. The van der Waals surface area contributed by atoms with Crippen molar-refractivity contribution in [3.8, 4) is 5.75 Å². The van der Waals surface area contributed by atoms with Gasteiger partial charge in [-0.15, -0.1) is 0 Å². The molecule has 2 N–H and O–H groups in total. The van der Waals surface area contributed by atoms with Gasteiger partial charge in [0.1, 0.15) is 5.75 Å². The molecule has 156 valence electrons. The average Bonchev–Trinajstić information content (AvgIpc) is 2.66. The molecule has 2 saturated heterocycles. The number of hydrogen-bond acceptors (Lipinski definition) is 5. The van der Waals surface area contributed by atoms with Crippen LogP contribution in [0.5, 0.6) is 5.75 Å². The van der Waals surface area contributed by atoms with Gasteiger partial charge >= 0.3 is 0 Å². The monoisotopic (exact) mass is 409 g/mol. The summed E-state index contributed by atoms with van der Waals surface area (Å²) in [7, 11) is -3.74. The zero-order valence-electron chi connectivity index (χ0n) is 16.8. The predicted molar refractivity (Wildman–Crippen MR) is 108 cm³/mol. The molecule has 1 unspecified atom stereocenters. The molecule has 1 amide bonds. The lowest BCUT2D eigenvalue weighted by Gasteiger charge is -2.41. The Balaban J connectivity index is 1.48. The SMILES string of the molecule is Cc1cc(S(N)(=O)=O)ccc1OCC(=O)N1CCC(N2CCCC(C)C2)CC1. The van der Waals surface area contributed by atoms with Gasteiger partial charge < -0.3 is 9.64 Å². The van der Waals surface area contributed by atoms with Crippen molar-refractivity contribution in [2.45, 2.75) is 50.5 Å². The van der Waals surface area contributed by atoms with Crippen LogP contribution >= 0.6 is 0 Å². The Morgan fingerprint density at radius 3 is 2.54 bits per heavy atom. The number of primary sulfonamides is 1. The molecule has 0 spiro atoms. The van der Waals surface area contributed by atoms with E-state index in [-0.39, 0.29) is 17.4 Å². The van der Waals surface area contributed by atoms with E-state index in [9.17, 15) is 13.2 Å². The highest BCUT2D eigenvalue weighted by Gasteiger charge is 2.29. The minimum Gasteiger partial charge on any atom is -0.483 e. The maximum Gasteiger partial charge on any atom is 0.260 e. The smallest absolute Gasteiger partial charge is 0.260 e. The van der Waals surface area contributed by atoms with Gasteiger partial charge in [-0.2, -0.15) is 0 Å². The highest BCUT2D eigenvalue weighted by atomic mass is 32.2. The van der Waals surface area contributed by atoms with Crippen molar-refractivity contribution < 1.29 is 17.9 Å². The summed E-state index contributed by atoms with van der Waals surface area (Å²) in [6, 6.07) is 4.99. The lowest BCUT2D eigenvalue weighted by molar-refractivity contribution is -0.135. The van der Waals surface area contributed by atoms with Gasteiger partial charge in [0.25, 0.3) is 5.91 Å². The van der Waals surface area contributed by atoms with E-state index in [1.807, 2.05) is 4.90 Å². The summed E-state index contributed by atoms with van der Waals surface area (Å²) >= 11 is 0. The summed E-state index contributed by atoms with van der Waals surface area (Å²) in [5.41, 5.74) is 0.636. The maximum absolute atomic E-state index is 12.5. The molecular weight excluding hydrogens is 378 g/mol. The number of carbonyl (C=O) groups excluding carboxylic acids is 1. The van der Waals surface area contributed by atoms with Gasteiger partial charge in [-0.1, -0.05) is 6.92 Å². The largest absolute Gasteiger partial charge is 0.483 e. The van der Waals surface area contributed by atoms with E-state index in [1.54, 1.807) is 13.0 Å². The van der Waals surface area contributed by atoms with Crippen molar-refractivity contribution in [2.75, 3.05) is 32.8 Å². The zero-order chi connectivity index (χ0) is 20.3. The number of carbonyl (C=O) groups is 1. The standard InChI is InChI=1S/C20H31N3O4S/c1-15-4-3-9-23(13-15)17-7-10-22(11-8-17)20(24)14-27-19-6-5-18(12-16(19)2)28(21,25)26/h5-6,12,15,17H,3-4,7-11,13-14H2,1-2H3,(H2,21,25,26). The van der Waals surface area contributed by atoms with Crippen LogP contribution in [0.1, 0.15) is 38.2 Å². The molecule has 1 aromatic carbocycles. The third-order valence-corrected chi connectivity index (χ3v) is 6.76. The maximum atomic E-state index is 12.5. The number of benzene rings is 1. The van der Waals surface area contributed by atoms with E-state index in [0.29, 0.717) is 17.4 Å². The number of ether oxygens (including phenoxy) is 1. The van der Waals surface area contributed by atoms with Crippen molar-refractivity contribution in [1.82, 2.24) is 9.80 Å². The molecule has 0 saturated carbocycles. The number of hydrogen-bond donors (Lipinski definition) is 1. The van der Waals surface area contributed by atoms with Crippen molar-refractivity contribution >= 4 is 15.9 Å². The van der Waals surface area contributed by atoms with Gasteiger partial charge in [0.05, 0.1) is 4.90 Å². The normalized spacial score (nSPS) is 22.2. The molecule has 2 heterocycles. The van der Waals surface area contributed by atoms with Crippen LogP contribution in [0.25, 0.3) is 0 Å². The summed E-state index contributed by atoms with van der Waals surface area (Å²) in [4.78, 5) is 17.0. The number of likely N-dealkylation sites (tertiary alicyclic amines) is 2. The molecule has 2 fully saturated rings. The molecule has 0 radical (unpaired) electrons. The zero-order valence-corrected chi connectivity index (χ0v) is 17.6. The number of nitrogens with two attached hydrogens (primary N) is 1. The van der Waals surface area contributed by atoms with Gasteiger partial charge in [0, 0.05) is 25.7 Å². The van der Waals surface area contributed by atoms with Gasteiger partial charge in [-0.25, -0.2) is 13.6 Å². The van der Waals surface area contributed by atoms with Crippen LogP contribution in [0.15, 0.2) is 23.1 Å². The molecule has 28 heavy (non-hydrogen) atoms. The summed E-state index contributed by atoms with van der Waals surface area (Å²) in [6.45, 7) is 7.90. The summed E-state index contributed by atoms with van der Waals surface area (Å²) < 4.78 is 28.4. The van der Waals surface area contributed by atoms with E-state index in [2.05, 4.69) is 11.8 Å². The molecule has 2 aliphatic heterocycles. The topological polar surface area (TPSA) is 92.9 Å². The van der Waals surface area contributed by atoms with Crippen LogP contribution in [-0.4, -0.2) is 63.0 Å². The number of aryl methyl sites for hydroxylation is 1. The lowest BCUT2D eigenvalue weighted by Crippen LogP contribution is -2.50. The van der Waals surface area contributed by atoms with Crippen molar-refractivity contribution in [3.05, 3.63) is 23.8 Å². The molecular formula is C20H31N3O4S. The molecule has 8 heteroatoms. The molecule has 7 nitrogen and oxygen atoms in total. The fourth-order valence-corrected chi connectivity index (χ4v) is 4.83. The molecule has 0 bridgehead atoms. The molecule has 1 atom stereocenters. The first kappa shape index (κ1) is 21.1. The summed E-state index contributed by atoms with van der Waals surface area (Å²) in [5.74, 6) is 1.24. The van der Waals surface area contributed by atoms with Crippen LogP contribution < -0.4 is 9.88 Å². The average molecular weight is 410 g/mol. The predicted octanol–water partition coefficient (Wildman–Crippen LogP) is 1.74. The highest BCUT2D eigenvalue weighted by molar-refractivity contribution is 7.89. The van der Waals surface area contributed by atoms with Crippen LogP contribution in [0.2, 0.25) is 0 Å². The number of nitrogens with zero attached hydrogens (tertiary/aromatic N) is 2. The van der Waals surface area contributed by atoms with Gasteiger partial charge in [0.2, 0.25) is 10.0 Å². The third kappa shape index (κ3) is 5.24. The number of piperidine rings is 2. The van der Waals surface area contributed by atoms with E-state index in [0.717, 1.165) is 31.8 Å². The van der Waals surface area contributed by atoms with E-state index in [4.69, 9.17) is 9.88 Å². The minimum absolute atomic E-state index is 0.0274. The Labute approximate surface area is 167 Å². The van der Waals surface area contributed by atoms with Gasteiger partial charge in [-0.05, 0) is 68.8 Å². The van der Waals surface area contributed by atoms with Gasteiger partial charge in [0.15, 0.2) is 6.61 Å². The van der Waals surface area contributed by atoms with Crippen molar-refractivity contribution in [1.29, 1.82) is 0 Å². The van der Waals surface area contributed by atoms with Crippen LogP contribution in [-0.2, 0) is 14.8 Å². The molecule has 0 aliphatic carbocycles. The number of rotatable bonds is 5. The van der Waals surface area contributed by atoms with E-state index >= 15 is 0 Å². The summed E-state index contributed by atoms with van der Waals surface area (Å²) in [6.07, 6.45) is 4.63. The first-order chi connectivity index (χ1) is 13.2. The first-order valence-electron chi connectivity index (χ1n) is 10.0. The third-order valence-electron chi connectivity index (χ3n) is 5.85. The Kier molecular flexibility index (Phi) is 6.62. The molecule has 3 rings (SSSR count). The van der Waals surface area contributed by atoms with Gasteiger partial charge in [-0.3, -0.25) is 9.69 Å². The van der Waals surface area contributed by atoms with Crippen LogP contribution in [0.4, 0.5) is 0 Å². The molecule has 1 aromatic rings. The van der Waals surface area contributed by atoms with Crippen molar-refractivity contribution in [3.63, 3.8) is 0 Å². The fourth-order valence-electron chi connectivity index (χ4n) is 4.23. The minimum atomic E-state index is -3.74. The van der Waals surface area contributed by atoms with E-state index < -0.39 is 10.0 Å². The summed E-state index contributed by atoms with van der Waals surface area (Å²) in [5, 5.41) is 5.14.